The maximum atomic E-state index is 13.7. The van der Waals surface area contributed by atoms with Crippen LogP contribution in [0.3, 0.4) is 0 Å². The molecule has 0 fully saturated rings. The standard InChI is InChI=1S/C12H11F2NS/c1-7-2-3-9(11(14)10(7)13)12(15)8-4-5-16-6-8/h2-6,12H,15H2,1H3/t12-/m1/s1. The summed E-state index contributed by atoms with van der Waals surface area (Å²) in [7, 11) is 0. The zero-order valence-electron chi connectivity index (χ0n) is 8.71. The topological polar surface area (TPSA) is 26.0 Å². The minimum Gasteiger partial charge on any atom is -0.320 e. The van der Waals surface area contributed by atoms with Crippen LogP contribution in [0.1, 0.15) is 22.7 Å². The van der Waals surface area contributed by atoms with E-state index in [1.165, 1.54) is 24.3 Å². The Morgan fingerprint density at radius 2 is 1.94 bits per heavy atom. The molecule has 0 aliphatic rings. The van der Waals surface area contributed by atoms with Crippen LogP contribution in [0, 0.1) is 18.6 Å². The molecule has 0 bridgehead atoms. The summed E-state index contributed by atoms with van der Waals surface area (Å²) in [4.78, 5) is 0. The van der Waals surface area contributed by atoms with E-state index >= 15 is 0 Å². The molecule has 2 aromatic rings. The molecule has 0 saturated carbocycles. The Labute approximate surface area is 96.5 Å². The van der Waals surface area contributed by atoms with Gasteiger partial charge in [-0.05, 0) is 34.9 Å². The molecule has 1 nitrogen and oxygen atoms in total. The van der Waals surface area contributed by atoms with Crippen LogP contribution in [0.4, 0.5) is 8.78 Å². The third-order valence-electron chi connectivity index (χ3n) is 2.54. The van der Waals surface area contributed by atoms with Gasteiger partial charge in [0.05, 0.1) is 6.04 Å². The van der Waals surface area contributed by atoms with Crippen LogP contribution < -0.4 is 5.73 Å². The van der Waals surface area contributed by atoms with Crippen molar-refractivity contribution in [1.29, 1.82) is 0 Å². The maximum Gasteiger partial charge on any atom is 0.164 e. The van der Waals surface area contributed by atoms with Crippen LogP contribution in [-0.4, -0.2) is 0 Å². The number of aryl methyl sites for hydroxylation is 1. The first-order chi connectivity index (χ1) is 7.61. The van der Waals surface area contributed by atoms with E-state index in [1.54, 1.807) is 6.07 Å². The van der Waals surface area contributed by atoms with E-state index in [4.69, 9.17) is 5.73 Å². The lowest BCUT2D eigenvalue weighted by Gasteiger charge is -2.12. The maximum absolute atomic E-state index is 13.7. The molecule has 1 heterocycles. The van der Waals surface area contributed by atoms with Gasteiger partial charge in [-0.3, -0.25) is 0 Å². The monoisotopic (exact) mass is 239 g/mol. The molecule has 84 valence electrons. The molecule has 0 unspecified atom stereocenters. The molecule has 2 rings (SSSR count). The minimum atomic E-state index is -0.848. The first-order valence-electron chi connectivity index (χ1n) is 4.83. The fraction of sp³-hybridized carbons (Fsp3) is 0.167. The Morgan fingerprint density at radius 3 is 2.56 bits per heavy atom. The molecule has 0 amide bonds. The van der Waals surface area contributed by atoms with Gasteiger partial charge in [0.2, 0.25) is 0 Å². The number of halogens is 2. The lowest BCUT2D eigenvalue weighted by atomic mass is 10.00. The van der Waals surface area contributed by atoms with Gasteiger partial charge < -0.3 is 5.73 Å². The van der Waals surface area contributed by atoms with Gasteiger partial charge >= 0.3 is 0 Å². The summed E-state index contributed by atoms with van der Waals surface area (Å²) in [6.07, 6.45) is 0. The van der Waals surface area contributed by atoms with Gasteiger partial charge in [0.15, 0.2) is 11.6 Å². The van der Waals surface area contributed by atoms with Crippen LogP contribution in [-0.2, 0) is 0 Å². The average molecular weight is 239 g/mol. The smallest absolute Gasteiger partial charge is 0.164 e. The highest BCUT2D eigenvalue weighted by Gasteiger charge is 2.17. The normalized spacial score (nSPS) is 12.8. The molecular weight excluding hydrogens is 228 g/mol. The largest absolute Gasteiger partial charge is 0.320 e. The van der Waals surface area contributed by atoms with Crippen molar-refractivity contribution in [2.45, 2.75) is 13.0 Å². The Kier molecular flexibility index (Phi) is 3.03. The molecule has 2 N–H and O–H groups in total. The second-order valence-corrected chi connectivity index (χ2v) is 4.41. The lowest BCUT2D eigenvalue weighted by molar-refractivity contribution is 0.489. The first kappa shape index (κ1) is 11.2. The first-order valence-corrected chi connectivity index (χ1v) is 5.77. The van der Waals surface area contributed by atoms with Crippen molar-refractivity contribution in [3.63, 3.8) is 0 Å². The molecule has 0 spiro atoms. The van der Waals surface area contributed by atoms with Crippen molar-refractivity contribution in [3.05, 3.63) is 57.3 Å². The summed E-state index contributed by atoms with van der Waals surface area (Å²) in [6, 6.07) is 4.28. The predicted octanol–water partition coefficient (Wildman–Crippen LogP) is 3.38. The zero-order valence-corrected chi connectivity index (χ0v) is 9.52. The van der Waals surface area contributed by atoms with Crippen molar-refractivity contribution in [2.24, 2.45) is 5.73 Å². The Morgan fingerprint density at radius 1 is 1.19 bits per heavy atom. The molecule has 0 saturated heterocycles. The van der Waals surface area contributed by atoms with E-state index in [1.807, 2.05) is 16.8 Å². The molecule has 0 aliphatic carbocycles. The Balaban J connectivity index is 2.45. The zero-order chi connectivity index (χ0) is 11.7. The second kappa shape index (κ2) is 4.31. The van der Waals surface area contributed by atoms with E-state index in [9.17, 15) is 8.78 Å². The number of thiophene rings is 1. The summed E-state index contributed by atoms with van der Waals surface area (Å²) in [6.45, 7) is 1.53. The summed E-state index contributed by atoms with van der Waals surface area (Å²) in [5.74, 6) is -1.66. The highest BCUT2D eigenvalue weighted by molar-refractivity contribution is 7.08. The van der Waals surface area contributed by atoms with E-state index in [0.717, 1.165) is 5.56 Å². The van der Waals surface area contributed by atoms with E-state index in [-0.39, 0.29) is 5.56 Å². The van der Waals surface area contributed by atoms with Gasteiger partial charge in [0.1, 0.15) is 0 Å². The predicted molar refractivity (Wildman–Crippen MR) is 61.4 cm³/mol. The number of nitrogens with two attached hydrogens (primary N) is 1. The fourth-order valence-electron chi connectivity index (χ4n) is 1.53. The van der Waals surface area contributed by atoms with Crippen LogP contribution in [0.2, 0.25) is 0 Å². The number of hydrogen-bond donors (Lipinski definition) is 1. The van der Waals surface area contributed by atoms with Crippen LogP contribution in [0.15, 0.2) is 29.0 Å². The number of hydrogen-bond acceptors (Lipinski definition) is 2. The van der Waals surface area contributed by atoms with Gasteiger partial charge in [-0.15, -0.1) is 0 Å². The van der Waals surface area contributed by atoms with Crippen molar-refractivity contribution in [2.75, 3.05) is 0 Å². The third-order valence-corrected chi connectivity index (χ3v) is 3.24. The molecule has 0 radical (unpaired) electrons. The van der Waals surface area contributed by atoms with E-state index in [0.29, 0.717) is 5.56 Å². The Hall–Kier alpha value is -1.26. The van der Waals surface area contributed by atoms with Gasteiger partial charge in [-0.1, -0.05) is 12.1 Å². The quantitative estimate of drug-likeness (QED) is 0.854. The van der Waals surface area contributed by atoms with Crippen LogP contribution in [0.5, 0.6) is 0 Å². The lowest BCUT2D eigenvalue weighted by Crippen LogP contribution is -2.14. The summed E-state index contributed by atoms with van der Waals surface area (Å²) < 4.78 is 27.0. The third kappa shape index (κ3) is 1.86. The van der Waals surface area contributed by atoms with Crippen molar-refractivity contribution in [1.82, 2.24) is 0 Å². The van der Waals surface area contributed by atoms with Gasteiger partial charge in [-0.2, -0.15) is 11.3 Å². The number of rotatable bonds is 2. The number of benzene rings is 1. The molecule has 1 aromatic carbocycles. The van der Waals surface area contributed by atoms with Crippen molar-refractivity contribution in [3.8, 4) is 0 Å². The van der Waals surface area contributed by atoms with Crippen molar-refractivity contribution >= 4 is 11.3 Å². The molecule has 1 aromatic heterocycles. The highest BCUT2D eigenvalue weighted by atomic mass is 32.1. The van der Waals surface area contributed by atoms with E-state index < -0.39 is 17.7 Å². The second-order valence-electron chi connectivity index (χ2n) is 3.63. The SMILES string of the molecule is Cc1ccc([C@H](N)c2ccsc2)c(F)c1F. The molecular formula is C12H11F2NS. The Bertz CT molecular complexity index is 494. The summed E-state index contributed by atoms with van der Waals surface area (Å²) in [5.41, 5.74) is 7.17. The van der Waals surface area contributed by atoms with Crippen LogP contribution in [0.25, 0.3) is 0 Å². The van der Waals surface area contributed by atoms with E-state index in [2.05, 4.69) is 0 Å². The molecule has 16 heavy (non-hydrogen) atoms. The summed E-state index contributed by atoms with van der Waals surface area (Å²) in [5, 5.41) is 3.69. The fourth-order valence-corrected chi connectivity index (χ4v) is 2.23. The molecule has 1 atom stereocenters. The van der Waals surface area contributed by atoms with Crippen LogP contribution >= 0.6 is 11.3 Å². The van der Waals surface area contributed by atoms with Gasteiger partial charge in [0, 0.05) is 5.56 Å². The molecule has 0 aliphatic heterocycles. The van der Waals surface area contributed by atoms with Gasteiger partial charge in [0.25, 0.3) is 0 Å². The minimum absolute atomic E-state index is 0.196. The van der Waals surface area contributed by atoms with Crippen molar-refractivity contribution < 1.29 is 8.78 Å². The van der Waals surface area contributed by atoms with Gasteiger partial charge in [-0.25, -0.2) is 8.78 Å². The average Bonchev–Trinajstić information content (AvgIpc) is 2.79. The summed E-state index contributed by atoms with van der Waals surface area (Å²) >= 11 is 1.48. The molecule has 4 heteroatoms. The highest BCUT2D eigenvalue weighted by Crippen LogP contribution is 2.26.